The smallest absolute Gasteiger partial charge is 0.410 e. The maximum atomic E-state index is 12.7. The number of aromatic nitrogens is 2. The fourth-order valence-electron chi connectivity index (χ4n) is 4.18. The average Bonchev–Trinajstić information content (AvgIpc) is 3.12. The highest BCUT2D eigenvalue weighted by Gasteiger charge is 2.25. The molecule has 0 unspecified atom stereocenters. The van der Waals surface area contributed by atoms with Gasteiger partial charge in [-0.15, -0.1) is 0 Å². The van der Waals surface area contributed by atoms with Crippen LogP contribution in [0.15, 0.2) is 48.5 Å². The molecule has 1 saturated heterocycles. The van der Waals surface area contributed by atoms with Crippen LogP contribution in [0.5, 0.6) is 5.75 Å². The molecule has 1 aliphatic rings. The third kappa shape index (κ3) is 7.27. The van der Waals surface area contributed by atoms with E-state index in [2.05, 4.69) is 47.6 Å². The van der Waals surface area contributed by atoms with E-state index >= 15 is 0 Å². The summed E-state index contributed by atoms with van der Waals surface area (Å²) in [5, 5.41) is 6.81. The number of anilines is 5. The maximum absolute atomic E-state index is 12.7. The second-order valence-electron chi connectivity index (χ2n) is 10.5. The highest BCUT2D eigenvalue weighted by atomic mass is 16.6. The molecule has 2 aromatic carbocycles. The molecular weight excluding hydrogens is 480 g/mol. The quantitative estimate of drug-likeness (QED) is 0.408. The minimum atomic E-state index is -0.522. The van der Waals surface area contributed by atoms with Crippen molar-refractivity contribution in [2.45, 2.75) is 46.6 Å². The van der Waals surface area contributed by atoms with Crippen LogP contribution in [-0.2, 0) is 4.74 Å². The number of carbonyl (C=O) groups is 1. The van der Waals surface area contributed by atoms with Crippen LogP contribution < -0.4 is 20.3 Å². The third-order valence-electron chi connectivity index (χ3n) is 6.19. The number of nitrogens with zero attached hydrogens (tertiary/aromatic N) is 4. The number of methoxy groups -OCH3 is 1. The normalized spacial score (nSPS) is 14.1. The molecule has 0 aliphatic carbocycles. The van der Waals surface area contributed by atoms with Gasteiger partial charge in [0.05, 0.1) is 7.11 Å². The first-order chi connectivity index (χ1) is 18.1. The lowest BCUT2D eigenvalue weighted by atomic mass is 10.1. The molecule has 0 spiro atoms. The number of aryl methyl sites for hydroxylation is 2. The van der Waals surface area contributed by atoms with Crippen molar-refractivity contribution in [2.75, 3.05) is 48.8 Å². The molecule has 38 heavy (non-hydrogen) atoms. The van der Waals surface area contributed by atoms with Gasteiger partial charge >= 0.3 is 6.09 Å². The van der Waals surface area contributed by atoms with Gasteiger partial charge in [0, 0.05) is 43.6 Å². The Labute approximate surface area is 225 Å². The Balaban J connectivity index is 1.59. The van der Waals surface area contributed by atoms with Crippen LogP contribution >= 0.6 is 0 Å². The summed E-state index contributed by atoms with van der Waals surface area (Å²) >= 11 is 0. The van der Waals surface area contributed by atoms with Crippen LogP contribution in [-0.4, -0.2) is 59.9 Å². The predicted octanol–water partition coefficient (Wildman–Crippen LogP) is 6.04. The van der Waals surface area contributed by atoms with Crippen molar-refractivity contribution < 1.29 is 14.3 Å². The van der Waals surface area contributed by atoms with Crippen molar-refractivity contribution in [3.8, 4) is 5.75 Å². The summed E-state index contributed by atoms with van der Waals surface area (Å²) in [5.41, 5.74) is 3.62. The molecule has 9 nitrogen and oxygen atoms in total. The van der Waals surface area contributed by atoms with Crippen molar-refractivity contribution in [2.24, 2.45) is 0 Å². The molecule has 1 fully saturated rings. The van der Waals surface area contributed by atoms with Gasteiger partial charge in [-0.05, 0) is 82.5 Å². The summed E-state index contributed by atoms with van der Waals surface area (Å²) in [6, 6.07) is 15.9. The molecule has 0 radical (unpaired) electrons. The van der Waals surface area contributed by atoms with Crippen LogP contribution in [0.2, 0.25) is 0 Å². The van der Waals surface area contributed by atoms with Gasteiger partial charge in [0.1, 0.15) is 23.0 Å². The molecule has 1 amide bonds. The number of hydrogen-bond acceptors (Lipinski definition) is 8. The lowest BCUT2D eigenvalue weighted by Gasteiger charge is -2.27. The van der Waals surface area contributed by atoms with Crippen LogP contribution in [0, 0.1) is 13.8 Å². The summed E-state index contributed by atoms with van der Waals surface area (Å²) in [5.74, 6) is 2.73. The zero-order valence-corrected chi connectivity index (χ0v) is 23.2. The Morgan fingerprint density at radius 2 is 1.68 bits per heavy atom. The SMILES string of the molecule is COc1ccc(Nc2nc(Nc3cc(C)ccc3C)cc(N3CCCN(C(=O)OC(C)(C)C)CC3)n2)cc1. The number of nitrogens with one attached hydrogen (secondary N) is 2. The van der Waals surface area contributed by atoms with Gasteiger partial charge in [-0.25, -0.2) is 4.79 Å². The monoisotopic (exact) mass is 518 g/mol. The van der Waals surface area contributed by atoms with Gasteiger partial charge in [-0.1, -0.05) is 12.1 Å². The van der Waals surface area contributed by atoms with E-state index in [1.54, 1.807) is 12.0 Å². The summed E-state index contributed by atoms with van der Waals surface area (Å²) in [4.78, 5) is 26.2. The lowest BCUT2D eigenvalue weighted by molar-refractivity contribution is 0.0263. The minimum absolute atomic E-state index is 0.277. The number of rotatable bonds is 6. The van der Waals surface area contributed by atoms with E-state index < -0.39 is 5.60 Å². The molecule has 2 heterocycles. The van der Waals surface area contributed by atoms with E-state index in [4.69, 9.17) is 19.4 Å². The molecule has 1 aliphatic heterocycles. The van der Waals surface area contributed by atoms with Gasteiger partial charge in [0.15, 0.2) is 0 Å². The molecule has 2 N–H and O–H groups in total. The first-order valence-electron chi connectivity index (χ1n) is 13.0. The van der Waals surface area contributed by atoms with Gasteiger partial charge in [0.2, 0.25) is 5.95 Å². The van der Waals surface area contributed by atoms with E-state index in [1.807, 2.05) is 51.1 Å². The highest BCUT2D eigenvalue weighted by molar-refractivity contribution is 5.69. The molecule has 0 atom stereocenters. The van der Waals surface area contributed by atoms with Gasteiger partial charge in [-0.2, -0.15) is 9.97 Å². The zero-order chi connectivity index (χ0) is 27.3. The average molecular weight is 519 g/mol. The maximum Gasteiger partial charge on any atom is 0.410 e. The number of amides is 1. The molecule has 202 valence electrons. The van der Waals surface area contributed by atoms with Crippen molar-refractivity contribution in [3.05, 3.63) is 59.7 Å². The fourth-order valence-corrected chi connectivity index (χ4v) is 4.18. The van der Waals surface area contributed by atoms with Crippen LogP contribution in [0.3, 0.4) is 0 Å². The van der Waals surface area contributed by atoms with E-state index in [-0.39, 0.29) is 6.09 Å². The first kappa shape index (κ1) is 27.0. The van der Waals surface area contributed by atoms with Crippen LogP contribution in [0.4, 0.5) is 33.8 Å². The summed E-state index contributed by atoms with van der Waals surface area (Å²) in [7, 11) is 1.64. The number of benzene rings is 2. The standard InChI is InChI=1S/C29H38N6O3/c1-20-8-9-21(2)24(18-20)31-25-19-26(33-27(32-25)30-22-10-12-23(37-6)13-11-22)34-14-7-15-35(17-16-34)28(36)38-29(3,4)5/h8-13,18-19H,7,14-17H2,1-6H3,(H2,30,31,32,33). The molecule has 9 heteroatoms. The number of ether oxygens (including phenoxy) is 2. The molecule has 4 rings (SSSR count). The van der Waals surface area contributed by atoms with Gasteiger partial charge < -0.3 is 29.9 Å². The Morgan fingerprint density at radius 1 is 0.921 bits per heavy atom. The Kier molecular flexibility index (Phi) is 8.24. The largest absolute Gasteiger partial charge is 0.497 e. The summed E-state index contributed by atoms with van der Waals surface area (Å²) in [6.07, 6.45) is 0.533. The summed E-state index contributed by atoms with van der Waals surface area (Å²) < 4.78 is 10.9. The summed E-state index contributed by atoms with van der Waals surface area (Å²) in [6.45, 7) is 12.4. The van der Waals surface area contributed by atoms with Gasteiger partial charge in [-0.3, -0.25) is 0 Å². The van der Waals surface area contributed by atoms with Gasteiger partial charge in [0.25, 0.3) is 0 Å². The van der Waals surface area contributed by atoms with Crippen molar-refractivity contribution in [3.63, 3.8) is 0 Å². The van der Waals surface area contributed by atoms with Crippen molar-refractivity contribution in [1.29, 1.82) is 0 Å². The molecular formula is C29H38N6O3. The number of carbonyl (C=O) groups excluding carboxylic acids is 1. The highest BCUT2D eigenvalue weighted by Crippen LogP contribution is 2.27. The Morgan fingerprint density at radius 3 is 2.39 bits per heavy atom. The third-order valence-corrected chi connectivity index (χ3v) is 6.19. The molecule has 1 aromatic heterocycles. The second kappa shape index (κ2) is 11.6. The lowest BCUT2D eigenvalue weighted by Crippen LogP contribution is -2.39. The fraction of sp³-hybridized carbons (Fsp3) is 0.414. The van der Waals surface area contributed by atoms with E-state index in [0.717, 1.165) is 41.5 Å². The Hall–Kier alpha value is -4.01. The van der Waals surface area contributed by atoms with Crippen LogP contribution in [0.25, 0.3) is 0 Å². The topological polar surface area (TPSA) is 91.9 Å². The Bertz CT molecular complexity index is 1260. The zero-order valence-electron chi connectivity index (χ0n) is 23.2. The van der Waals surface area contributed by atoms with E-state index in [1.165, 1.54) is 5.56 Å². The number of hydrogen-bond donors (Lipinski definition) is 2. The van der Waals surface area contributed by atoms with Crippen LogP contribution in [0.1, 0.15) is 38.3 Å². The molecule has 3 aromatic rings. The van der Waals surface area contributed by atoms with Crippen molar-refractivity contribution >= 4 is 35.1 Å². The molecule has 0 bridgehead atoms. The van der Waals surface area contributed by atoms with E-state index in [9.17, 15) is 4.79 Å². The predicted molar refractivity (Wildman–Crippen MR) is 152 cm³/mol. The second-order valence-corrected chi connectivity index (χ2v) is 10.5. The first-order valence-corrected chi connectivity index (χ1v) is 13.0. The van der Waals surface area contributed by atoms with E-state index in [0.29, 0.717) is 31.4 Å². The minimum Gasteiger partial charge on any atom is -0.497 e. The van der Waals surface area contributed by atoms with Crippen molar-refractivity contribution in [1.82, 2.24) is 14.9 Å². The molecule has 0 saturated carbocycles.